The summed E-state index contributed by atoms with van der Waals surface area (Å²) in [7, 11) is 4.11. The van der Waals surface area contributed by atoms with Crippen molar-refractivity contribution in [2.75, 3.05) is 20.7 Å². The minimum Gasteiger partial charge on any atom is -0.493 e. The van der Waals surface area contributed by atoms with Gasteiger partial charge in [-0.2, -0.15) is 0 Å². The van der Waals surface area contributed by atoms with Crippen molar-refractivity contribution in [3.05, 3.63) is 34.9 Å². The molecule has 2 aliphatic heterocycles. The van der Waals surface area contributed by atoms with Gasteiger partial charge in [-0.15, -0.1) is 0 Å². The third-order valence-electron chi connectivity index (χ3n) is 7.89. The highest BCUT2D eigenvalue weighted by atomic mass is 16.5. The van der Waals surface area contributed by atoms with Gasteiger partial charge >= 0.3 is 0 Å². The number of likely N-dealkylation sites (N-methyl/N-ethyl adjacent to an activating group) is 1. The number of nitrogens with zero attached hydrogens (tertiary/aromatic N) is 1. The van der Waals surface area contributed by atoms with Crippen molar-refractivity contribution in [2.24, 2.45) is 5.92 Å². The zero-order valence-electron chi connectivity index (χ0n) is 17.1. The van der Waals surface area contributed by atoms with Crippen LogP contribution in [0.15, 0.2) is 23.8 Å². The van der Waals surface area contributed by atoms with E-state index in [0.29, 0.717) is 6.04 Å². The molecule has 4 atom stereocenters. The van der Waals surface area contributed by atoms with Gasteiger partial charge < -0.3 is 14.4 Å². The van der Waals surface area contributed by atoms with Crippen LogP contribution in [0.4, 0.5) is 0 Å². The maximum Gasteiger partial charge on any atom is 0.166 e. The molecule has 0 N–H and O–H groups in total. The zero-order chi connectivity index (χ0) is 18.6. The number of hydrogen-bond acceptors (Lipinski definition) is 3. The molecule has 0 aromatic heterocycles. The van der Waals surface area contributed by atoms with Gasteiger partial charge in [0.1, 0.15) is 6.10 Å². The minimum atomic E-state index is 0.184. The van der Waals surface area contributed by atoms with Gasteiger partial charge in [-0.3, -0.25) is 0 Å². The van der Waals surface area contributed by atoms with Crippen LogP contribution in [0.25, 0.3) is 0 Å². The molecule has 1 aromatic rings. The fourth-order valence-corrected chi connectivity index (χ4v) is 6.64. The molecule has 3 nitrogen and oxygen atoms in total. The number of ether oxygens (including phenoxy) is 2. The summed E-state index contributed by atoms with van der Waals surface area (Å²) in [6.07, 6.45) is 12.8. The lowest BCUT2D eigenvalue weighted by Crippen LogP contribution is -2.63. The Morgan fingerprint density at radius 3 is 3.04 bits per heavy atom. The summed E-state index contributed by atoms with van der Waals surface area (Å²) in [5.74, 6) is 2.71. The molecule has 3 heteroatoms. The molecule has 1 saturated heterocycles. The van der Waals surface area contributed by atoms with Crippen LogP contribution in [0.2, 0.25) is 0 Å². The number of piperidine rings is 1. The average molecular weight is 368 g/mol. The van der Waals surface area contributed by atoms with Crippen LogP contribution in [0.5, 0.6) is 11.5 Å². The average Bonchev–Trinajstić information content (AvgIpc) is 3.03. The van der Waals surface area contributed by atoms with Crippen LogP contribution in [0.3, 0.4) is 0 Å². The predicted octanol–water partition coefficient (Wildman–Crippen LogP) is 4.87. The fourth-order valence-electron chi connectivity index (χ4n) is 6.64. The van der Waals surface area contributed by atoms with Crippen LogP contribution in [-0.4, -0.2) is 37.7 Å². The van der Waals surface area contributed by atoms with E-state index in [2.05, 4.69) is 37.1 Å². The van der Waals surface area contributed by atoms with E-state index in [0.717, 1.165) is 17.4 Å². The molecule has 2 fully saturated rings. The first-order valence-corrected chi connectivity index (χ1v) is 11.0. The fraction of sp³-hybridized carbons (Fsp3) is 0.667. The van der Waals surface area contributed by atoms with Gasteiger partial charge in [0.2, 0.25) is 0 Å². The molecule has 1 saturated carbocycles. The lowest BCUT2D eigenvalue weighted by molar-refractivity contribution is -0.0218. The third-order valence-corrected chi connectivity index (χ3v) is 7.89. The van der Waals surface area contributed by atoms with Crippen LogP contribution >= 0.6 is 0 Å². The number of unbranched alkanes of at least 4 members (excludes halogenated alkanes) is 3. The van der Waals surface area contributed by atoms with E-state index in [-0.39, 0.29) is 11.5 Å². The molecule has 2 bridgehead atoms. The smallest absolute Gasteiger partial charge is 0.166 e. The zero-order valence-corrected chi connectivity index (χ0v) is 17.1. The number of methoxy groups -OCH3 is 1. The second kappa shape index (κ2) is 6.55. The highest BCUT2D eigenvalue weighted by Crippen LogP contribution is 2.64. The highest BCUT2D eigenvalue weighted by Gasteiger charge is 2.64. The molecule has 0 radical (unpaired) electrons. The van der Waals surface area contributed by atoms with Gasteiger partial charge in [-0.05, 0) is 75.2 Å². The summed E-state index contributed by atoms with van der Waals surface area (Å²) in [5, 5.41) is 0. The number of rotatable bonds is 5. The van der Waals surface area contributed by atoms with E-state index in [4.69, 9.17) is 9.47 Å². The first kappa shape index (κ1) is 17.6. The van der Waals surface area contributed by atoms with Crippen molar-refractivity contribution < 1.29 is 9.47 Å². The largest absolute Gasteiger partial charge is 0.493 e. The van der Waals surface area contributed by atoms with E-state index in [1.165, 1.54) is 69.0 Å². The van der Waals surface area contributed by atoms with E-state index in [1.54, 1.807) is 12.7 Å². The van der Waals surface area contributed by atoms with Crippen molar-refractivity contribution in [3.8, 4) is 11.5 Å². The first-order valence-electron chi connectivity index (χ1n) is 11.0. The van der Waals surface area contributed by atoms with Gasteiger partial charge in [0.15, 0.2) is 11.5 Å². The van der Waals surface area contributed by atoms with Crippen molar-refractivity contribution in [1.29, 1.82) is 0 Å². The maximum absolute atomic E-state index is 6.79. The number of hydrogen-bond donors (Lipinski definition) is 0. The van der Waals surface area contributed by atoms with Crippen LogP contribution in [0.1, 0.15) is 63.0 Å². The van der Waals surface area contributed by atoms with Gasteiger partial charge in [0.25, 0.3) is 0 Å². The van der Waals surface area contributed by atoms with E-state index in [9.17, 15) is 0 Å². The van der Waals surface area contributed by atoms with Crippen molar-refractivity contribution in [2.45, 2.75) is 75.9 Å². The normalized spacial score (nSPS) is 35.1. The predicted molar refractivity (Wildman–Crippen MR) is 109 cm³/mol. The standard InChI is InChI=1S/C24H33NO2/c1-4-5-6-7-8-16-9-11-18-19-15-17-10-12-20(26-3)22-21(17)24(18,23(16)27-22)13-14-25(19)2/h8,10,12,18-19,23H,4-7,9,11,13-15H2,1-3H3/b16-8+/t18-,19+,23-,24-/m0/s1. The summed E-state index contributed by atoms with van der Waals surface area (Å²) in [6, 6.07) is 5.11. The lowest BCUT2D eigenvalue weighted by Gasteiger charge is -2.58. The Balaban J connectivity index is 1.61. The van der Waals surface area contributed by atoms with E-state index < -0.39 is 0 Å². The Morgan fingerprint density at radius 1 is 1.33 bits per heavy atom. The van der Waals surface area contributed by atoms with Crippen LogP contribution < -0.4 is 9.47 Å². The molecule has 146 valence electrons. The number of benzene rings is 1. The molecule has 1 aromatic carbocycles. The summed E-state index contributed by atoms with van der Waals surface area (Å²) in [4.78, 5) is 2.62. The Morgan fingerprint density at radius 2 is 2.22 bits per heavy atom. The minimum absolute atomic E-state index is 0.184. The molecule has 4 aliphatic rings. The molecule has 2 aliphatic carbocycles. The van der Waals surface area contributed by atoms with Gasteiger partial charge in [-0.25, -0.2) is 0 Å². The molecule has 5 rings (SSSR count). The Bertz CT molecular complexity index is 770. The molecule has 0 unspecified atom stereocenters. The lowest BCUT2D eigenvalue weighted by atomic mass is 9.51. The third kappa shape index (κ3) is 2.36. The van der Waals surface area contributed by atoms with Crippen molar-refractivity contribution >= 4 is 0 Å². The second-order valence-electron chi connectivity index (χ2n) is 9.09. The van der Waals surface area contributed by atoms with Crippen molar-refractivity contribution in [3.63, 3.8) is 0 Å². The summed E-state index contributed by atoms with van der Waals surface area (Å²) < 4.78 is 12.5. The quantitative estimate of drug-likeness (QED) is 0.547. The Labute approximate surface area is 163 Å². The molecular formula is C24H33NO2. The summed E-state index contributed by atoms with van der Waals surface area (Å²) in [6.45, 7) is 3.46. The molecule has 0 amide bonds. The number of allylic oxidation sites excluding steroid dienone is 1. The van der Waals surface area contributed by atoms with Gasteiger partial charge in [-0.1, -0.05) is 31.9 Å². The summed E-state index contributed by atoms with van der Waals surface area (Å²) >= 11 is 0. The second-order valence-corrected chi connectivity index (χ2v) is 9.09. The highest BCUT2D eigenvalue weighted by molar-refractivity contribution is 5.62. The van der Waals surface area contributed by atoms with Crippen LogP contribution in [0, 0.1) is 5.92 Å². The van der Waals surface area contributed by atoms with E-state index >= 15 is 0 Å². The van der Waals surface area contributed by atoms with Gasteiger partial charge in [0.05, 0.1) is 7.11 Å². The van der Waals surface area contributed by atoms with Gasteiger partial charge in [0, 0.05) is 17.0 Å². The summed E-state index contributed by atoms with van der Waals surface area (Å²) in [5.41, 5.74) is 4.77. The molecule has 2 heterocycles. The Kier molecular flexibility index (Phi) is 4.27. The van der Waals surface area contributed by atoms with E-state index in [1.807, 2.05) is 0 Å². The molecule has 27 heavy (non-hydrogen) atoms. The molecular weight excluding hydrogens is 334 g/mol. The maximum atomic E-state index is 6.79. The number of likely N-dealkylation sites (tertiary alicyclic amines) is 1. The molecule has 1 spiro atoms. The SMILES string of the molecule is CCCCC/C=C1\CC[C@H]2[C@H]3Cc4ccc(OC)c5c4[C@@]2(CCN3C)[C@H]1O5. The monoisotopic (exact) mass is 367 g/mol. The van der Waals surface area contributed by atoms with Crippen LogP contribution in [-0.2, 0) is 11.8 Å². The first-order chi connectivity index (χ1) is 13.2. The van der Waals surface area contributed by atoms with Crippen molar-refractivity contribution in [1.82, 2.24) is 4.90 Å². The topological polar surface area (TPSA) is 21.7 Å². The Hall–Kier alpha value is -1.48.